The van der Waals surface area contributed by atoms with Gasteiger partial charge in [-0.05, 0) is 10.8 Å². The third-order valence-corrected chi connectivity index (χ3v) is 3.19. The number of ketones is 1. The lowest BCUT2D eigenvalue weighted by atomic mass is 10.1. The molecule has 100 valence electrons. The van der Waals surface area contributed by atoms with Crippen molar-refractivity contribution in [2.24, 2.45) is 0 Å². The Morgan fingerprint density at radius 3 is 1.50 bits per heavy atom. The molecule has 0 radical (unpaired) electrons. The normalized spacial score (nSPS) is 9.65. The van der Waals surface area contributed by atoms with E-state index in [1.807, 2.05) is 18.2 Å². The SMILES string of the molecule is O=C(CS)c1ccccc1.c1ccc2ccccc2c1. The highest BCUT2D eigenvalue weighted by atomic mass is 32.1. The summed E-state index contributed by atoms with van der Waals surface area (Å²) in [6.07, 6.45) is 0. The molecule has 0 heterocycles. The molecule has 0 saturated carbocycles. The summed E-state index contributed by atoms with van der Waals surface area (Å²) in [5.41, 5.74) is 0.734. The van der Waals surface area contributed by atoms with Crippen molar-refractivity contribution in [1.29, 1.82) is 0 Å². The van der Waals surface area contributed by atoms with E-state index in [2.05, 4.69) is 61.2 Å². The van der Waals surface area contributed by atoms with Gasteiger partial charge in [0.15, 0.2) is 5.78 Å². The van der Waals surface area contributed by atoms with Crippen molar-refractivity contribution in [3.8, 4) is 0 Å². The van der Waals surface area contributed by atoms with Gasteiger partial charge < -0.3 is 0 Å². The molecule has 1 nitrogen and oxygen atoms in total. The predicted molar refractivity (Wildman–Crippen MR) is 88.6 cm³/mol. The lowest BCUT2D eigenvalue weighted by Gasteiger charge is -1.93. The fourth-order valence-electron chi connectivity index (χ4n) is 1.85. The molecule has 3 rings (SSSR count). The van der Waals surface area contributed by atoms with Crippen LogP contribution in [-0.2, 0) is 0 Å². The average molecular weight is 280 g/mol. The fourth-order valence-corrected chi connectivity index (χ4v) is 2.03. The number of carbonyl (C=O) groups excluding carboxylic acids is 1. The molecule has 0 saturated heterocycles. The van der Waals surface area contributed by atoms with Gasteiger partial charge in [-0.3, -0.25) is 4.79 Å². The van der Waals surface area contributed by atoms with Crippen LogP contribution in [0.2, 0.25) is 0 Å². The highest BCUT2D eigenvalue weighted by Crippen LogP contribution is 2.11. The Morgan fingerprint density at radius 2 is 1.10 bits per heavy atom. The Labute approximate surface area is 124 Å². The second kappa shape index (κ2) is 7.51. The summed E-state index contributed by atoms with van der Waals surface area (Å²) >= 11 is 3.88. The summed E-state index contributed by atoms with van der Waals surface area (Å²) < 4.78 is 0. The zero-order chi connectivity index (χ0) is 14.2. The van der Waals surface area contributed by atoms with Gasteiger partial charge in [0, 0.05) is 5.56 Å². The molecular formula is C18H16OS. The van der Waals surface area contributed by atoms with Crippen molar-refractivity contribution in [3.63, 3.8) is 0 Å². The standard InChI is InChI=1S/C10H8.C8H8OS/c1-2-6-10-8-4-3-7-9(10)5-1;9-8(6-10)7-4-2-1-3-5-7/h1-8H;1-5,10H,6H2. The minimum atomic E-state index is 0.0731. The Balaban J connectivity index is 0.000000147. The minimum absolute atomic E-state index is 0.0731. The van der Waals surface area contributed by atoms with Crippen molar-refractivity contribution < 1.29 is 4.79 Å². The van der Waals surface area contributed by atoms with E-state index in [9.17, 15) is 4.79 Å². The molecule has 0 atom stereocenters. The molecule has 3 aromatic carbocycles. The average Bonchev–Trinajstić information content (AvgIpc) is 2.55. The highest BCUT2D eigenvalue weighted by molar-refractivity contribution is 7.81. The van der Waals surface area contributed by atoms with E-state index in [0.29, 0.717) is 0 Å². The number of thiol groups is 1. The number of carbonyl (C=O) groups is 1. The molecule has 0 aliphatic carbocycles. The summed E-state index contributed by atoms with van der Waals surface area (Å²) in [5, 5.41) is 2.62. The second-order valence-corrected chi connectivity index (χ2v) is 4.61. The van der Waals surface area contributed by atoms with Crippen LogP contribution < -0.4 is 0 Å². The fraction of sp³-hybridized carbons (Fsp3) is 0.0556. The van der Waals surface area contributed by atoms with E-state index in [1.165, 1.54) is 10.8 Å². The van der Waals surface area contributed by atoms with Crippen LogP contribution in [0.3, 0.4) is 0 Å². The first-order chi connectivity index (χ1) is 9.81. The molecule has 0 aliphatic rings. The van der Waals surface area contributed by atoms with Crippen LogP contribution in [0.25, 0.3) is 10.8 Å². The number of hydrogen-bond acceptors (Lipinski definition) is 2. The molecule has 3 aromatic rings. The van der Waals surface area contributed by atoms with E-state index >= 15 is 0 Å². The Hall–Kier alpha value is -2.06. The number of fused-ring (bicyclic) bond motifs is 1. The van der Waals surface area contributed by atoms with Gasteiger partial charge in [0.1, 0.15) is 0 Å². The maximum absolute atomic E-state index is 10.9. The molecule has 0 unspecified atom stereocenters. The summed E-state index contributed by atoms with van der Waals surface area (Å²) in [7, 11) is 0. The van der Waals surface area contributed by atoms with Gasteiger partial charge in [0.2, 0.25) is 0 Å². The molecule has 20 heavy (non-hydrogen) atoms. The molecule has 0 aliphatic heterocycles. The Morgan fingerprint density at radius 1 is 0.700 bits per heavy atom. The molecule has 0 fully saturated rings. The van der Waals surface area contributed by atoms with Gasteiger partial charge in [-0.25, -0.2) is 0 Å². The summed E-state index contributed by atoms with van der Waals surface area (Å²) in [4.78, 5) is 10.9. The van der Waals surface area contributed by atoms with Gasteiger partial charge in [0.05, 0.1) is 5.75 Å². The summed E-state index contributed by atoms with van der Waals surface area (Å²) in [5.74, 6) is 0.355. The Kier molecular flexibility index (Phi) is 5.39. The first kappa shape index (κ1) is 14.4. The van der Waals surface area contributed by atoms with E-state index < -0.39 is 0 Å². The van der Waals surface area contributed by atoms with E-state index in [1.54, 1.807) is 12.1 Å². The van der Waals surface area contributed by atoms with Crippen LogP contribution in [0, 0.1) is 0 Å². The van der Waals surface area contributed by atoms with Crippen molar-refractivity contribution in [2.45, 2.75) is 0 Å². The van der Waals surface area contributed by atoms with E-state index in [0.717, 1.165) is 5.56 Å². The first-order valence-electron chi connectivity index (χ1n) is 6.44. The topological polar surface area (TPSA) is 17.1 Å². The lowest BCUT2D eigenvalue weighted by molar-refractivity contribution is 0.102. The largest absolute Gasteiger partial charge is 0.293 e. The predicted octanol–water partition coefficient (Wildman–Crippen LogP) is 4.64. The zero-order valence-electron chi connectivity index (χ0n) is 11.1. The maximum atomic E-state index is 10.9. The smallest absolute Gasteiger partial charge is 0.172 e. The number of benzene rings is 3. The van der Waals surface area contributed by atoms with Crippen molar-refractivity contribution >= 4 is 29.2 Å². The first-order valence-corrected chi connectivity index (χ1v) is 7.07. The monoisotopic (exact) mass is 280 g/mol. The minimum Gasteiger partial charge on any atom is -0.293 e. The molecule has 0 amide bonds. The zero-order valence-corrected chi connectivity index (χ0v) is 12.0. The molecule has 0 spiro atoms. The molecule has 0 N–H and O–H groups in total. The highest BCUT2D eigenvalue weighted by Gasteiger charge is 1.99. The lowest BCUT2D eigenvalue weighted by Crippen LogP contribution is -1.98. The van der Waals surface area contributed by atoms with Crippen LogP contribution in [-0.4, -0.2) is 11.5 Å². The molecule has 0 bridgehead atoms. The van der Waals surface area contributed by atoms with Crippen molar-refractivity contribution in [2.75, 3.05) is 5.75 Å². The molecule has 0 aromatic heterocycles. The summed E-state index contributed by atoms with van der Waals surface area (Å²) in [6, 6.07) is 25.9. The van der Waals surface area contributed by atoms with Gasteiger partial charge in [-0.2, -0.15) is 12.6 Å². The van der Waals surface area contributed by atoms with Crippen LogP contribution in [0.4, 0.5) is 0 Å². The quantitative estimate of drug-likeness (QED) is 0.534. The summed E-state index contributed by atoms with van der Waals surface area (Å²) in [6.45, 7) is 0. The third kappa shape index (κ3) is 3.97. The van der Waals surface area contributed by atoms with Crippen LogP contribution in [0.5, 0.6) is 0 Å². The van der Waals surface area contributed by atoms with Gasteiger partial charge in [-0.15, -0.1) is 0 Å². The van der Waals surface area contributed by atoms with Gasteiger partial charge >= 0.3 is 0 Å². The number of rotatable bonds is 2. The van der Waals surface area contributed by atoms with Crippen LogP contribution in [0.1, 0.15) is 10.4 Å². The molecule has 2 heteroatoms. The van der Waals surface area contributed by atoms with Crippen LogP contribution >= 0.6 is 12.6 Å². The maximum Gasteiger partial charge on any atom is 0.172 e. The Bertz CT molecular complexity index is 612. The van der Waals surface area contributed by atoms with E-state index in [-0.39, 0.29) is 11.5 Å². The number of hydrogen-bond donors (Lipinski definition) is 1. The third-order valence-electron chi connectivity index (χ3n) is 2.90. The van der Waals surface area contributed by atoms with Gasteiger partial charge in [-0.1, -0.05) is 78.9 Å². The van der Waals surface area contributed by atoms with Crippen LogP contribution in [0.15, 0.2) is 78.9 Å². The van der Waals surface area contributed by atoms with Crippen molar-refractivity contribution in [3.05, 3.63) is 84.4 Å². The van der Waals surface area contributed by atoms with Gasteiger partial charge in [0.25, 0.3) is 0 Å². The second-order valence-electron chi connectivity index (χ2n) is 4.29. The van der Waals surface area contributed by atoms with E-state index in [4.69, 9.17) is 0 Å². The molecular weight excluding hydrogens is 264 g/mol. The van der Waals surface area contributed by atoms with Crippen molar-refractivity contribution in [1.82, 2.24) is 0 Å². The number of Topliss-reactive ketones (excluding diaryl/α,β-unsaturated/α-hetero) is 1.